The number of nitrogens with zero attached hydrogens (tertiary/aromatic N) is 2. The monoisotopic (exact) mass is 515 g/mol. The summed E-state index contributed by atoms with van der Waals surface area (Å²) >= 11 is 1.18. The molecule has 3 aromatic rings. The molecule has 0 fully saturated rings. The van der Waals surface area contributed by atoms with Crippen molar-refractivity contribution in [2.24, 2.45) is 0 Å². The Balaban J connectivity index is 1.58. The van der Waals surface area contributed by atoms with E-state index in [0.29, 0.717) is 22.3 Å². The first-order valence-corrected chi connectivity index (χ1v) is 13.3. The van der Waals surface area contributed by atoms with Crippen molar-refractivity contribution in [2.45, 2.75) is 32.1 Å². The predicted octanol–water partition coefficient (Wildman–Crippen LogP) is 3.71. The molecule has 184 valence electrons. The Morgan fingerprint density at radius 2 is 1.91 bits per heavy atom. The summed E-state index contributed by atoms with van der Waals surface area (Å²) in [4.78, 5) is 29.0. The second-order valence-electron chi connectivity index (χ2n) is 8.01. The normalized spacial score (nSPS) is 13.1. The van der Waals surface area contributed by atoms with Gasteiger partial charge in [0.2, 0.25) is 0 Å². The second-order valence-corrected chi connectivity index (χ2v) is 10.7. The highest BCUT2D eigenvalue weighted by Crippen LogP contribution is 2.36. The molecule has 0 spiro atoms. The van der Waals surface area contributed by atoms with Crippen LogP contribution in [0.25, 0.3) is 0 Å². The number of hydrogen-bond donors (Lipinski definition) is 1. The average Bonchev–Trinajstić information content (AvgIpc) is 3.24. The fourth-order valence-electron chi connectivity index (χ4n) is 3.77. The first-order valence-electron chi connectivity index (χ1n) is 11.0. The van der Waals surface area contributed by atoms with Crippen molar-refractivity contribution in [2.75, 3.05) is 29.4 Å². The first-order chi connectivity index (χ1) is 16.7. The molecule has 1 aliphatic rings. The molecule has 2 heterocycles. The number of fused-ring (bicyclic) bond motifs is 1. The minimum Gasteiger partial charge on any atom is -0.489 e. The van der Waals surface area contributed by atoms with Gasteiger partial charge in [-0.25, -0.2) is 13.4 Å². The number of amides is 1. The molecule has 35 heavy (non-hydrogen) atoms. The Bertz CT molecular complexity index is 1360. The molecule has 1 aromatic heterocycles. The van der Waals surface area contributed by atoms with Crippen LogP contribution in [0.1, 0.15) is 34.1 Å². The van der Waals surface area contributed by atoms with E-state index in [9.17, 15) is 18.0 Å². The first kappa shape index (κ1) is 24.7. The third-order valence-electron chi connectivity index (χ3n) is 5.23. The number of carbonyl (C=O) groups excluding carboxylic acids is 2. The zero-order valence-electron chi connectivity index (χ0n) is 19.5. The molecule has 0 saturated carbocycles. The summed E-state index contributed by atoms with van der Waals surface area (Å²) in [6, 6.07) is 9.81. The van der Waals surface area contributed by atoms with Gasteiger partial charge in [0.1, 0.15) is 12.4 Å². The van der Waals surface area contributed by atoms with Crippen molar-refractivity contribution in [1.82, 2.24) is 4.98 Å². The van der Waals surface area contributed by atoms with Crippen molar-refractivity contribution >= 4 is 44.1 Å². The summed E-state index contributed by atoms with van der Waals surface area (Å²) in [7, 11) is -3.87. The number of sulfonamides is 1. The van der Waals surface area contributed by atoms with Gasteiger partial charge < -0.3 is 9.47 Å². The van der Waals surface area contributed by atoms with Gasteiger partial charge in [0.15, 0.2) is 5.13 Å². The van der Waals surface area contributed by atoms with Gasteiger partial charge in [-0.05, 0) is 62.2 Å². The van der Waals surface area contributed by atoms with Gasteiger partial charge >= 0.3 is 5.97 Å². The minimum absolute atomic E-state index is 0.0155. The number of hydrogen-bond acceptors (Lipinski definition) is 8. The van der Waals surface area contributed by atoms with Crippen LogP contribution in [0.15, 0.2) is 46.7 Å². The van der Waals surface area contributed by atoms with Crippen molar-refractivity contribution in [3.8, 4) is 5.75 Å². The second kappa shape index (κ2) is 10.0. The topological polar surface area (TPSA) is 115 Å². The van der Waals surface area contributed by atoms with Crippen LogP contribution in [0.3, 0.4) is 0 Å². The summed E-state index contributed by atoms with van der Waals surface area (Å²) < 4.78 is 38.8. The number of nitrogens with one attached hydrogen (secondary N) is 1. The number of aromatic nitrogens is 1. The Kier molecular flexibility index (Phi) is 7.08. The predicted molar refractivity (Wildman–Crippen MR) is 133 cm³/mol. The third kappa shape index (κ3) is 5.46. The maximum Gasteiger partial charge on any atom is 0.311 e. The molecule has 0 bridgehead atoms. The molecule has 0 aliphatic carbocycles. The van der Waals surface area contributed by atoms with E-state index in [4.69, 9.17) is 9.47 Å². The smallest absolute Gasteiger partial charge is 0.311 e. The lowest BCUT2D eigenvalue weighted by molar-refractivity contribution is -0.142. The summed E-state index contributed by atoms with van der Waals surface area (Å²) in [6.45, 7) is 6.02. The SMILES string of the molecule is CCOC(=O)Cc1csc(NC(=O)c2ccc3c(c2)N(S(=O)(=O)c2cc(C)cc(C)c2)CCO3)n1. The van der Waals surface area contributed by atoms with Crippen LogP contribution >= 0.6 is 11.3 Å². The number of carbonyl (C=O) groups is 2. The Morgan fingerprint density at radius 3 is 2.63 bits per heavy atom. The van der Waals surface area contributed by atoms with Crippen LogP contribution in [0, 0.1) is 13.8 Å². The van der Waals surface area contributed by atoms with E-state index < -0.39 is 21.9 Å². The van der Waals surface area contributed by atoms with Crippen LogP contribution in [-0.2, 0) is 26.0 Å². The van der Waals surface area contributed by atoms with Crippen LogP contribution in [0.2, 0.25) is 0 Å². The van der Waals surface area contributed by atoms with Crippen LogP contribution < -0.4 is 14.4 Å². The largest absolute Gasteiger partial charge is 0.489 e. The van der Waals surface area contributed by atoms with E-state index in [2.05, 4.69) is 10.3 Å². The molecule has 0 saturated heterocycles. The van der Waals surface area contributed by atoms with Gasteiger partial charge in [-0.15, -0.1) is 11.3 Å². The Morgan fingerprint density at radius 1 is 1.17 bits per heavy atom. The van der Waals surface area contributed by atoms with Crippen LogP contribution in [-0.4, -0.2) is 45.0 Å². The zero-order valence-corrected chi connectivity index (χ0v) is 21.2. The zero-order chi connectivity index (χ0) is 25.2. The van der Waals surface area contributed by atoms with Crippen LogP contribution in [0.5, 0.6) is 5.75 Å². The van der Waals surface area contributed by atoms with Crippen molar-refractivity contribution < 1.29 is 27.5 Å². The molecular formula is C24H25N3O6S2. The highest BCUT2D eigenvalue weighted by molar-refractivity contribution is 7.92. The fourth-order valence-corrected chi connectivity index (χ4v) is 6.11. The summed E-state index contributed by atoms with van der Waals surface area (Å²) in [5.74, 6) is -0.471. The summed E-state index contributed by atoms with van der Waals surface area (Å²) in [5, 5.41) is 4.69. The number of benzene rings is 2. The van der Waals surface area contributed by atoms with E-state index in [1.165, 1.54) is 21.7 Å². The number of rotatable bonds is 7. The molecule has 0 atom stereocenters. The number of anilines is 2. The van der Waals surface area contributed by atoms with Crippen LogP contribution in [0.4, 0.5) is 10.8 Å². The quantitative estimate of drug-likeness (QED) is 0.477. The standard InChI is InChI=1S/C24H25N3O6S2/c1-4-32-22(28)13-18-14-34-24(25-18)26-23(29)17-5-6-21-20(12-17)27(7-8-33-21)35(30,31)19-10-15(2)9-16(3)11-19/h5-6,9-12,14H,4,7-8,13H2,1-3H3,(H,25,26,29). The Labute approximate surface area is 207 Å². The third-order valence-corrected chi connectivity index (χ3v) is 7.83. The van der Waals surface area contributed by atoms with Gasteiger partial charge in [0.05, 0.1) is 35.8 Å². The lowest BCUT2D eigenvalue weighted by atomic mass is 10.1. The molecule has 1 aliphatic heterocycles. The van der Waals surface area contributed by atoms with E-state index in [0.717, 1.165) is 11.1 Å². The molecule has 1 N–H and O–H groups in total. The highest BCUT2D eigenvalue weighted by Gasteiger charge is 2.31. The van der Waals surface area contributed by atoms with E-state index in [1.54, 1.807) is 36.6 Å². The molecule has 2 aromatic carbocycles. The van der Waals surface area contributed by atoms with Crippen molar-refractivity contribution in [3.05, 3.63) is 64.2 Å². The summed E-state index contributed by atoms with van der Waals surface area (Å²) in [6.07, 6.45) is 0.0155. The molecule has 1 amide bonds. The molecule has 11 heteroatoms. The molecule has 0 unspecified atom stereocenters. The number of thiazole rings is 1. The molecule has 4 rings (SSSR count). The minimum atomic E-state index is -3.87. The van der Waals surface area contributed by atoms with Gasteiger partial charge in [-0.2, -0.15) is 0 Å². The lowest BCUT2D eigenvalue weighted by Gasteiger charge is -2.31. The van der Waals surface area contributed by atoms with Crippen molar-refractivity contribution in [3.63, 3.8) is 0 Å². The van der Waals surface area contributed by atoms with Gasteiger partial charge in [-0.3, -0.25) is 19.2 Å². The fraction of sp³-hybridized carbons (Fsp3) is 0.292. The van der Waals surface area contributed by atoms with Crippen molar-refractivity contribution in [1.29, 1.82) is 0 Å². The van der Waals surface area contributed by atoms with Gasteiger partial charge in [-0.1, -0.05) is 6.07 Å². The van der Waals surface area contributed by atoms with E-state index in [1.807, 2.05) is 19.9 Å². The van der Waals surface area contributed by atoms with Gasteiger partial charge in [0, 0.05) is 10.9 Å². The molecule has 0 radical (unpaired) electrons. The van der Waals surface area contributed by atoms with E-state index in [-0.39, 0.29) is 36.6 Å². The molecular weight excluding hydrogens is 490 g/mol. The van der Waals surface area contributed by atoms with Gasteiger partial charge in [0.25, 0.3) is 15.9 Å². The number of ether oxygens (including phenoxy) is 2. The maximum atomic E-state index is 13.5. The number of esters is 1. The lowest BCUT2D eigenvalue weighted by Crippen LogP contribution is -2.38. The Hall–Kier alpha value is -3.44. The average molecular weight is 516 g/mol. The number of aryl methyl sites for hydroxylation is 2. The maximum absolute atomic E-state index is 13.5. The van der Waals surface area contributed by atoms with E-state index >= 15 is 0 Å². The summed E-state index contributed by atoms with van der Waals surface area (Å²) in [5.41, 5.74) is 2.72. The molecule has 9 nitrogen and oxygen atoms in total. The highest BCUT2D eigenvalue weighted by atomic mass is 32.2.